The van der Waals surface area contributed by atoms with Crippen LogP contribution in [-0.2, 0) is 0 Å². The summed E-state index contributed by atoms with van der Waals surface area (Å²) in [4.78, 5) is 0. The minimum absolute atomic E-state index is 0.0870. The monoisotopic (exact) mass is 344 g/mol. The van der Waals surface area contributed by atoms with E-state index in [9.17, 15) is 0 Å². The molecular weight excluding hydrogens is 320 g/mol. The van der Waals surface area contributed by atoms with E-state index in [1.54, 1.807) is 14.2 Å². The van der Waals surface area contributed by atoms with Crippen molar-refractivity contribution in [2.45, 2.75) is 45.1 Å². The highest BCUT2D eigenvalue weighted by Crippen LogP contribution is 2.40. The number of hydrogen-bond donors (Lipinski definition) is 2. The number of rotatable bonds is 9. The van der Waals surface area contributed by atoms with Gasteiger partial charge < -0.3 is 9.47 Å². The standard InChI is InChI=1S/C15H25BrN2O2/c1-4-5-6-7-8-12(18-17)11-9-10-13(19-2)14(16)15(11)20-3/h9-10,12,18H,4-8,17H2,1-3H3. The summed E-state index contributed by atoms with van der Waals surface area (Å²) in [5.74, 6) is 7.25. The number of hydrogen-bond acceptors (Lipinski definition) is 4. The highest BCUT2D eigenvalue weighted by atomic mass is 79.9. The van der Waals surface area contributed by atoms with Crippen LogP contribution in [0.2, 0.25) is 0 Å². The van der Waals surface area contributed by atoms with Gasteiger partial charge in [0.2, 0.25) is 0 Å². The van der Waals surface area contributed by atoms with Crippen LogP contribution in [0.1, 0.15) is 50.6 Å². The number of methoxy groups -OCH3 is 2. The van der Waals surface area contributed by atoms with Gasteiger partial charge in [0.1, 0.15) is 16.0 Å². The molecule has 1 rings (SSSR count). The molecule has 4 nitrogen and oxygen atoms in total. The van der Waals surface area contributed by atoms with Crippen molar-refractivity contribution in [3.8, 4) is 11.5 Å². The average molecular weight is 345 g/mol. The first-order valence-corrected chi connectivity index (χ1v) is 7.85. The molecule has 0 saturated carbocycles. The van der Waals surface area contributed by atoms with Crippen LogP contribution in [0.15, 0.2) is 16.6 Å². The highest BCUT2D eigenvalue weighted by molar-refractivity contribution is 9.10. The maximum absolute atomic E-state index is 5.71. The Labute approximate surface area is 130 Å². The van der Waals surface area contributed by atoms with Crippen LogP contribution in [0.5, 0.6) is 11.5 Å². The van der Waals surface area contributed by atoms with E-state index in [0.29, 0.717) is 0 Å². The molecular formula is C15H25BrN2O2. The summed E-state index contributed by atoms with van der Waals surface area (Å²) >= 11 is 3.52. The summed E-state index contributed by atoms with van der Waals surface area (Å²) in [6.07, 6.45) is 5.87. The number of hydrazine groups is 1. The Bertz CT molecular complexity index is 413. The van der Waals surface area contributed by atoms with Gasteiger partial charge in [-0.05, 0) is 34.5 Å². The number of unbranched alkanes of at least 4 members (excludes halogenated alkanes) is 3. The number of benzene rings is 1. The Kier molecular flexibility index (Phi) is 7.95. The minimum Gasteiger partial charge on any atom is -0.495 e. The fourth-order valence-electron chi connectivity index (χ4n) is 2.30. The SMILES string of the molecule is CCCCCCC(NN)c1ccc(OC)c(Br)c1OC. The van der Waals surface area contributed by atoms with Crippen molar-refractivity contribution in [3.05, 3.63) is 22.2 Å². The molecule has 0 aromatic heterocycles. The van der Waals surface area contributed by atoms with Gasteiger partial charge in [0.05, 0.1) is 14.2 Å². The maximum Gasteiger partial charge on any atom is 0.141 e. The second kappa shape index (κ2) is 9.21. The van der Waals surface area contributed by atoms with Crippen LogP contribution in [-0.4, -0.2) is 14.2 Å². The smallest absolute Gasteiger partial charge is 0.141 e. The predicted molar refractivity (Wildman–Crippen MR) is 86.1 cm³/mol. The number of ether oxygens (including phenoxy) is 2. The number of halogens is 1. The lowest BCUT2D eigenvalue weighted by Crippen LogP contribution is -2.28. The quantitative estimate of drug-likeness (QED) is 0.404. The van der Waals surface area contributed by atoms with Crippen molar-refractivity contribution in [2.75, 3.05) is 14.2 Å². The predicted octanol–water partition coefficient (Wildman–Crippen LogP) is 3.94. The van der Waals surface area contributed by atoms with Gasteiger partial charge in [-0.2, -0.15) is 0 Å². The van der Waals surface area contributed by atoms with Crippen LogP contribution in [0.25, 0.3) is 0 Å². The Balaban J connectivity index is 2.88. The summed E-state index contributed by atoms with van der Waals surface area (Å²) in [6, 6.07) is 4.02. The molecule has 20 heavy (non-hydrogen) atoms. The van der Waals surface area contributed by atoms with Gasteiger partial charge in [0.15, 0.2) is 0 Å². The van der Waals surface area contributed by atoms with Crippen LogP contribution in [0, 0.1) is 0 Å². The third kappa shape index (κ3) is 4.36. The Hall–Kier alpha value is -0.780. The zero-order valence-corrected chi connectivity index (χ0v) is 14.1. The molecule has 0 amide bonds. The molecule has 1 aromatic carbocycles. The lowest BCUT2D eigenvalue weighted by atomic mass is 9.99. The third-order valence-corrected chi connectivity index (χ3v) is 4.19. The van der Waals surface area contributed by atoms with Gasteiger partial charge in [-0.15, -0.1) is 0 Å². The molecule has 0 aliphatic carbocycles. The zero-order valence-electron chi connectivity index (χ0n) is 12.5. The molecule has 0 spiro atoms. The summed E-state index contributed by atoms with van der Waals surface area (Å²) in [5, 5.41) is 0. The average Bonchev–Trinajstić information content (AvgIpc) is 2.47. The van der Waals surface area contributed by atoms with Crippen LogP contribution in [0.4, 0.5) is 0 Å². The Morgan fingerprint density at radius 2 is 1.95 bits per heavy atom. The molecule has 1 atom stereocenters. The van der Waals surface area contributed by atoms with Crippen LogP contribution in [0.3, 0.4) is 0 Å². The van der Waals surface area contributed by atoms with E-state index in [2.05, 4.69) is 28.3 Å². The minimum atomic E-state index is 0.0870. The molecule has 1 aromatic rings. The maximum atomic E-state index is 5.71. The first-order chi connectivity index (χ1) is 9.69. The Morgan fingerprint density at radius 1 is 1.20 bits per heavy atom. The largest absolute Gasteiger partial charge is 0.495 e. The van der Waals surface area contributed by atoms with Crippen LogP contribution >= 0.6 is 15.9 Å². The van der Waals surface area contributed by atoms with E-state index in [-0.39, 0.29) is 6.04 Å². The van der Waals surface area contributed by atoms with Gasteiger partial charge in [0.25, 0.3) is 0 Å². The highest BCUT2D eigenvalue weighted by Gasteiger charge is 2.19. The molecule has 0 aliphatic rings. The molecule has 3 N–H and O–H groups in total. The van der Waals surface area contributed by atoms with E-state index in [4.69, 9.17) is 15.3 Å². The topological polar surface area (TPSA) is 56.5 Å². The lowest BCUT2D eigenvalue weighted by Gasteiger charge is -2.21. The van der Waals surface area contributed by atoms with Gasteiger partial charge >= 0.3 is 0 Å². The van der Waals surface area contributed by atoms with Gasteiger partial charge in [-0.1, -0.05) is 32.6 Å². The number of nitrogens with two attached hydrogens (primary N) is 1. The molecule has 0 bridgehead atoms. The van der Waals surface area contributed by atoms with Crippen molar-refractivity contribution in [1.29, 1.82) is 0 Å². The summed E-state index contributed by atoms with van der Waals surface area (Å²) in [6.45, 7) is 2.21. The third-order valence-electron chi connectivity index (χ3n) is 3.44. The van der Waals surface area contributed by atoms with Gasteiger partial charge in [0, 0.05) is 11.6 Å². The summed E-state index contributed by atoms with van der Waals surface area (Å²) in [5.41, 5.74) is 3.95. The molecule has 1 unspecified atom stereocenters. The van der Waals surface area contributed by atoms with Crippen molar-refractivity contribution < 1.29 is 9.47 Å². The fraction of sp³-hybridized carbons (Fsp3) is 0.600. The molecule has 0 radical (unpaired) electrons. The molecule has 114 valence electrons. The molecule has 0 heterocycles. The van der Waals surface area contributed by atoms with Gasteiger partial charge in [-0.25, -0.2) is 0 Å². The fourth-order valence-corrected chi connectivity index (χ4v) is 2.98. The zero-order chi connectivity index (χ0) is 15.0. The van der Waals surface area contributed by atoms with Crippen molar-refractivity contribution >= 4 is 15.9 Å². The van der Waals surface area contributed by atoms with Crippen LogP contribution < -0.4 is 20.7 Å². The van der Waals surface area contributed by atoms with E-state index in [1.807, 2.05) is 12.1 Å². The summed E-state index contributed by atoms with van der Waals surface area (Å²) < 4.78 is 11.6. The second-order valence-electron chi connectivity index (χ2n) is 4.77. The molecule has 0 aliphatic heterocycles. The first-order valence-electron chi connectivity index (χ1n) is 7.06. The van der Waals surface area contributed by atoms with Gasteiger partial charge in [-0.3, -0.25) is 11.3 Å². The summed E-state index contributed by atoms with van der Waals surface area (Å²) in [7, 11) is 3.30. The van der Waals surface area contributed by atoms with E-state index in [1.165, 1.54) is 19.3 Å². The molecule has 0 fully saturated rings. The lowest BCUT2D eigenvalue weighted by molar-refractivity contribution is 0.376. The second-order valence-corrected chi connectivity index (χ2v) is 5.57. The Morgan fingerprint density at radius 3 is 2.50 bits per heavy atom. The molecule has 5 heteroatoms. The number of nitrogens with one attached hydrogen (secondary N) is 1. The van der Waals surface area contributed by atoms with E-state index in [0.717, 1.165) is 34.4 Å². The molecule has 0 saturated heterocycles. The van der Waals surface area contributed by atoms with E-state index < -0.39 is 0 Å². The van der Waals surface area contributed by atoms with Crippen molar-refractivity contribution in [1.82, 2.24) is 5.43 Å². The normalized spacial score (nSPS) is 12.2. The van der Waals surface area contributed by atoms with E-state index >= 15 is 0 Å². The van der Waals surface area contributed by atoms with Crippen molar-refractivity contribution in [3.63, 3.8) is 0 Å². The van der Waals surface area contributed by atoms with Crippen molar-refractivity contribution in [2.24, 2.45) is 5.84 Å². The first kappa shape index (κ1) is 17.3.